The van der Waals surface area contributed by atoms with Crippen molar-refractivity contribution < 1.29 is 23.7 Å². The van der Waals surface area contributed by atoms with Crippen LogP contribution in [0, 0.1) is 20.2 Å². The summed E-state index contributed by atoms with van der Waals surface area (Å²) in [5.41, 5.74) is 0.203. The number of hydrogen-bond acceptors (Lipinski definition) is 9. The molecule has 11 nitrogen and oxygen atoms in total. The van der Waals surface area contributed by atoms with Gasteiger partial charge < -0.3 is 13.9 Å². The van der Waals surface area contributed by atoms with Crippen molar-refractivity contribution in [2.24, 2.45) is 0 Å². The summed E-state index contributed by atoms with van der Waals surface area (Å²) in [5, 5.41) is 30.6. The van der Waals surface area contributed by atoms with Crippen molar-refractivity contribution in [3.05, 3.63) is 56.6 Å². The predicted octanol–water partition coefficient (Wildman–Crippen LogP) is 5.58. The molecule has 0 atom stereocenters. The largest absolute Gasteiger partial charge is 0.493 e. The van der Waals surface area contributed by atoms with Gasteiger partial charge in [0.2, 0.25) is 0 Å². The van der Waals surface area contributed by atoms with E-state index < -0.39 is 9.85 Å². The third-order valence-corrected chi connectivity index (χ3v) is 4.74. The van der Waals surface area contributed by atoms with E-state index in [2.05, 4.69) is 10.2 Å². The van der Waals surface area contributed by atoms with Gasteiger partial charge in [0.05, 0.1) is 34.2 Å². The monoisotopic (exact) mass is 456 g/mol. The van der Waals surface area contributed by atoms with Crippen LogP contribution in [0.1, 0.15) is 39.5 Å². The summed E-state index contributed by atoms with van der Waals surface area (Å²) in [5.74, 6) is 0.711. The van der Waals surface area contributed by atoms with E-state index in [4.69, 9.17) is 13.9 Å². The summed E-state index contributed by atoms with van der Waals surface area (Å²) in [6, 6.07) is 8.24. The first kappa shape index (κ1) is 23.6. The number of non-ortho nitro benzene ring substituents is 2. The van der Waals surface area contributed by atoms with Crippen LogP contribution in [0.3, 0.4) is 0 Å². The Labute approximate surface area is 189 Å². The lowest BCUT2D eigenvalue weighted by Crippen LogP contribution is -1.99. The van der Waals surface area contributed by atoms with E-state index in [0.29, 0.717) is 24.7 Å². The third kappa shape index (κ3) is 5.82. The molecule has 1 heterocycles. The predicted molar refractivity (Wildman–Crippen MR) is 119 cm³/mol. The maximum atomic E-state index is 11.3. The van der Waals surface area contributed by atoms with Crippen molar-refractivity contribution in [2.45, 2.75) is 39.5 Å². The highest BCUT2D eigenvalue weighted by Gasteiger charge is 2.22. The number of benzene rings is 2. The van der Waals surface area contributed by atoms with Crippen LogP contribution in [-0.2, 0) is 0 Å². The summed E-state index contributed by atoms with van der Waals surface area (Å²) in [6.45, 7) is 4.87. The van der Waals surface area contributed by atoms with E-state index in [1.165, 1.54) is 36.4 Å². The molecular weight excluding hydrogens is 432 g/mol. The quantitative estimate of drug-likeness (QED) is 0.194. The number of rotatable bonds is 12. The molecule has 1 aromatic heterocycles. The van der Waals surface area contributed by atoms with Gasteiger partial charge in [-0.2, -0.15) is 0 Å². The van der Waals surface area contributed by atoms with Gasteiger partial charge in [-0.3, -0.25) is 20.2 Å². The van der Waals surface area contributed by atoms with Crippen LogP contribution in [0.25, 0.3) is 22.9 Å². The van der Waals surface area contributed by atoms with E-state index in [1.807, 2.05) is 13.8 Å². The number of unbranched alkanes of at least 4 members (excludes halogenated alkanes) is 2. The minimum absolute atomic E-state index is 0.00814. The fourth-order valence-electron chi connectivity index (χ4n) is 2.94. The summed E-state index contributed by atoms with van der Waals surface area (Å²) >= 11 is 0. The fraction of sp³-hybridized carbons (Fsp3) is 0.364. The molecule has 0 saturated carbocycles. The van der Waals surface area contributed by atoms with Crippen LogP contribution in [0.15, 0.2) is 40.8 Å². The van der Waals surface area contributed by atoms with Crippen molar-refractivity contribution in [3.63, 3.8) is 0 Å². The summed E-state index contributed by atoms with van der Waals surface area (Å²) in [4.78, 5) is 21.5. The van der Waals surface area contributed by atoms with Gasteiger partial charge in [-0.25, -0.2) is 0 Å². The topological polar surface area (TPSA) is 144 Å². The Morgan fingerprint density at radius 3 is 1.58 bits per heavy atom. The Balaban J connectivity index is 2.02. The number of nitro groups is 2. The minimum Gasteiger partial charge on any atom is -0.493 e. The number of nitrogens with zero attached hydrogens (tertiary/aromatic N) is 4. The van der Waals surface area contributed by atoms with Crippen LogP contribution in [0.4, 0.5) is 11.4 Å². The molecule has 0 radical (unpaired) electrons. The molecule has 0 unspecified atom stereocenters. The van der Waals surface area contributed by atoms with Crippen molar-refractivity contribution in [3.8, 4) is 34.4 Å². The minimum atomic E-state index is -0.531. The SMILES string of the molecule is CCCCOc1ccc([N+](=O)[O-])cc1-c1nnc(-c2cc([N+](=O)[O-])ccc2OCCCC)o1. The van der Waals surface area contributed by atoms with Gasteiger partial charge >= 0.3 is 0 Å². The molecule has 0 spiro atoms. The van der Waals surface area contributed by atoms with Gasteiger partial charge in [0, 0.05) is 24.3 Å². The second-order valence-corrected chi connectivity index (χ2v) is 7.19. The van der Waals surface area contributed by atoms with Crippen LogP contribution in [-0.4, -0.2) is 33.3 Å². The molecule has 3 aromatic rings. The average Bonchev–Trinajstić information content (AvgIpc) is 3.29. The lowest BCUT2D eigenvalue weighted by atomic mass is 10.1. The molecular formula is C22H24N4O7. The van der Waals surface area contributed by atoms with E-state index in [9.17, 15) is 20.2 Å². The second kappa shape index (κ2) is 11.0. The molecule has 3 rings (SSSR count). The Morgan fingerprint density at radius 2 is 1.21 bits per heavy atom. The first-order chi connectivity index (χ1) is 15.9. The number of hydrogen-bond donors (Lipinski definition) is 0. The molecule has 0 amide bonds. The standard InChI is InChI=1S/C22H24N4O7/c1-3-5-11-31-19-9-7-15(25(27)28)13-17(19)21-23-24-22(33-21)18-14-16(26(29)30)8-10-20(18)32-12-6-4-2/h7-10,13-14H,3-6,11-12H2,1-2H3. The molecule has 11 heteroatoms. The Kier molecular flexibility index (Phi) is 7.90. The maximum absolute atomic E-state index is 11.3. The average molecular weight is 456 g/mol. The maximum Gasteiger partial charge on any atom is 0.270 e. The van der Waals surface area contributed by atoms with Crippen LogP contribution < -0.4 is 9.47 Å². The van der Waals surface area contributed by atoms with Gasteiger partial charge in [-0.15, -0.1) is 10.2 Å². The fourth-order valence-corrected chi connectivity index (χ4v) is 2.94. The number of nitro benzene ring substituents is 2. The third-order valence-electron chi connectivity index (χ3n) is 4.74. The van der Waals surface area contributed by atoms with E-state index in [1.54, 1.807) is 0 Å². The highest BCUT2D eigenvalue weighted by Crippen LogP contribution is 2.37. The van der Waals surface area contributed by atoms with Crippen LogP contribution >= 0.6 is 0 Å². The molecule has 174 valence electrons. The first-order valence-corrected chi connectivity index (χ1v) is 10.6. The molecule has 0 aliphatic heterocycles. The Hall–Kier alpha value is -4.02. The Morgan fingerprint density at radius 1 is 0.788 bits per heavy atom. The molecule has 0 bridgehead atoms. The van der Waals surface area contributed by atoms with Gasteiger partial charge in [0.15, 0.2) is 0 Å². The lowest BCUT2D eigenvalue weighted by molar-refractivity contribution is -0.385. The molecule has 0 saturated heterocycles. The van der Waals surface area contributed by atoms with E-state index in [-0.39, 0.29) is 34.3 Å². The van der Waals surface area contributed by atoms with Crippen molar-refractivity contribution in [1.29, 1.82) is 0 Å². The second-order valence-electron chi connectivity index (χ2n) is 7.19. The molecule has 0 aliphatic rings. The van der Waals surface area contributed by atoms with Crippen LogP contribution in [0.5, 0.6) is 11.5 Å². The van der Waals surface area contributed by atoms with Crippen molar-refractivity contribution in [2.75, 3.05) is 13.2 Å². The summed E-state index contributed by atoms with van der Waals surface area (Å²) in [7, 11) is 0. The highest BCUT2D eigenvalue weighted by molar-refractivity contribution is 5.70. The molecule has 2 aromatic carbocycles. The summed E-state index contributed by atoms with van der Waals surface area (Å²) < 4.78 is 17.3. The smallest absolute Gasteiger partial charge is 0.270 e. The molecule has 33 heavy (non-hydrogen) atoms. The van der Waals surface area contributed by atoms with E-state index >= 15 is 0 Å². The molecule has 0 N–H and O–H groups in total. The summed E-state index contributed by atoms with van der Waals surface area (Å²) in [6.07, 6.45) is 3.44. The lowest BCUT2D eigenvalue weighted by Gasteiger charge is -2.09. The van der Waals surface area contributed by atoms with Gasteiger partial charge in [-0.05, 0) is 25.0 Å². The highest BCUT2D eigenvalue weighted by atomic mass is 16.6. The molecule has 0 fully saturated rings. The van der Waals surface area contributed by atoms with E-state index in [0.717, 1.165) is 25.7 Å². The Bertz CT molecular complexity index is 1040. The van der Waals surface area contributed by atoms with Gasteiger partial charge in [-0.1, -0.05) is 26.7 Å². The zero-order valence-corrected chi connectivity index (χ0v) is 18.4. The first-order valence-electron chi connectivity index (χ1n) is 10.6. The number of ether oxygens (including phenoxy) is 2. The zero-order chi connectivity index (χ0) is 23.8. The van der Waals surface area contributed by atoms with Crippen molar-refractivity contribution in [1.82, 2.24) is 10.2 Å². The zero-order valence-electron chi connectivity index (χ0n) is 18.4. The van der Waals surface area contributed by atoms with Crippen molar-refractivity contribution >= 4 is 11.4 Å². The molecule has 0 aliphatic carbocycles. The van der Waals surface area contributed by atoms with Crippen LogP contribution in [0.2, 0.25) is 0 Å². The normalized spacial score (nSPS) is 10.7. The van der Waals surface area contributed by atoms with Gasteiger partial charge in [0.25, 0.3) is 23.2 Å². The number of aromatic nitrogens is 2. The van der Waals surface area contributed by atoms with Gasteiger partial charge in [0.1, 0.15) is 11.5 Å².